The molecule has 1 aliphatic rings. The van der Waals surface area contributed by atoms with E-state index in [1.165, 1.54) is 7.05 Å². The Balaban J connectivity index is 1.80. The minimum Gasteiger partial charge on any atom is -0.453 e. The fraction of sp³-hybridized carbons (Fsp3) is 0.478. The number of nitrogens with one attached hydrogen (secondary N) is 2. The fourth-order valence-electron chi connectivity index (χ4n) is 4.59. The summed E-state index contributed by atoms with van der Waals surface area (Å²) in [5.41, 5.74) is -0.249. The molecule has 0 spiro atoms. The third-order valence-corrected chi connectivity index (χ3v) is 6.75. The number of furan rings is 1. The molecule has 0 saturated heterocycles. The minimum absolute atomic E-state index is 0.248. The Kier molecular flexibility index (Phi) is 5.86. The van der Waals surface area contributed by atoms with Crippen LogP contribution in [0.4, 0.5) is 5.82 Å². The van der Waals surface area contributed by atoms with Crippen LogP contribution in [0.2, 0.25) is 0 Å². The van der Waals surface area contributed by atoms with Crippen molar-refractivity contribution < 1.29 is 19.4 Å². The smallest absolute Gasteiger partial charge is 0.228 e. The third kappa shape index (κ3) is 3.53. The first-order valence-corrected chi connectivity index (χ1v) is 10.9. The molecule has 0 aromatic carbocycles. The van der Waals surface area contributed by atoms with Crippen molar-refractivity contribution in [3.8, 4) is 11.8 Å². The lowest BCUT2D eigenvalue weighted by molar-refractivity contribution is -0.139. The molecule has 3 aromatic heterocycles. The fourth-order valence-corrected chi connectivity index (χ4v) is 4.59. The van der Waals surface area contributed by atoms with E-state index in [1.807, 2.05) is 19.9 Å². The van der Waals surface area contributed by atoms with E-state index in [0.29, 0.717) is 22.7 Å². The molecule has 1 amide bonds. The molecule has 0 bridgehead atoms. The molecule has 4 rings (SSSR count). The summed E-state index contributed by atoms with van der Waals surface area (Å²) in [5, 5.41) is 27.3. The molecule has 0 aliphatic heterocycles. The molecule has 10 heteroatoms. The summed E-state index contributed by atoms with van der Waals surface area (Å²) in [4.78, 5) is 26.1. The molecule has 1 fully saturated rings. The molecular formula is C23H28N6O4. The number of hydrogen-bond donors (Lipinski definition) is 4. The number of aliphatic hydroxyl groups excluding tert-OH is 2. The maximum Gasteiger partial charge on any atom is 0.228 e. The monoisotopic (exact) mass is 452 g/mol. The molecule has 10 nitrogen and oxygen atoms in total. The molecule has 3 heterocycles. The van der Waals surface area contributed by atoms with Crippen molar-refractivity contribution in [1.82, 2.24) is 24.8 Å². The van der Waals surface area contributed by atoms with Crippen LogP contribution in [0.3, 0.4) is 0 Å². The van der Waals surface area contributed by atoms with Gasteiger partial charge in [0.15, 0.2) is 22.7 Å². The molecule has 1 saturated carbocycles. The average Bonchev–Trinajstić information content (AvgIpc) is 3.51. The lowest BCUT2D eigenvalue weighted by Crippen LogP contribution is -2.47. The zero-order valence-electron chi connectivity index (χ0n) is 19.2. The van der Waals surface area contributed by atoms with E-state index in [2.05, 4.69) is 37.4 Å². The van der Waals surface area contributed by atoms with Gasteiger partial charge in [-0.05, 0) is 36.8 Å². The van der Waals surface area contributed by atoms with E-state index in [0.717, 1.165) is 12.2 Å². The van der Waals surface area contributed by atoms with Crippen LogP contribution in [-0.2, 0) is 11.2 Å². The topological polar surface area (TPSA) is 138 Å². The molecule has 5 atom stereocenters. The normalized spacial score (nSPS) is 26.8. The van der Waals surface area contributed by atoms with E-state index >= 15 is 0 Å². The second kappa shape index (κ2) is 8.50. The van der Waals surface area contributed by atoms with E-state index in [1.54, 1.807) is 30.9 Å². The number of aliphatic hydroxyl groups is 2. The quantitative estimate of drug-likeness (QED) is 0.432. The van der Waals surface area contributed by atoms with Crippen LogP contribution in [-0.4, -0.2) is 61.9 Å². The van der Waals surface area contributed by atoms with E-state index in [-0.39, 0.29) is 11.7 Å². The number of aryl methyl sites for hydroxylation is 1. The Hall–Kier alpha value is -3.42. The summed E-state index contributed by atoms with van der Waals surface area (Å²) in [7, 11) is 3.23. The summed E-state index contributed by atoms with van der Waals surface area (Å²) in [6.45, 7) is 5.48. The van der Waals surface area contributed by atoms with Gasteiger partial charge in [0.25, 0.3) is 0 Å². The van der Waals surface area contributed by atoms with Crippen molar-refractivity contribution in [2.24, 2.45) is 11.3 Å². The first-order chi connectivity index (χ1) is 15.8. The predicted octanol–water partition coefficient (Wildman–Crippen LogP) is 1.09. The number of amides is 1. The summed E-state index contributed by atoms with van der Waals surface area (Å²) in [5.74, 6) is 7.18. The number of hydrogen-bond acceptors (Lipinski definition) is 8. The SMILES string of the molecule is CCc1ccc(C#Cc2nc(NC)c3ncn([C@H]4[C@H](O)[C@H](O)C(C)(C(=O)NC)[C@@H]4C)c3n2)o1. The second-order valence-electron chi connectivity index (χ2n) is 8.42. The van der Waals surface area contributed by atoms with Gasteiger partial charge in [0.05, 0.1) is 23.9 Å². The summed E-state index contributed by atoms with van der Waals surface area (Å²) < 4.78 is 7.32. The summed E-state index contributed by atoms with van der Waals surface area (Å²) in [6.07, 6.45) is -0.135. The second-order valence-corrected chi connectivity index (χ2v) is 8.42. The summed E-state index contributed by atoms with van der Waals surface area (Å²) in [6, 6.07) is 3.04. The van der Waals surface area contributed by atoms with E-state index in [9.17, 15) is 15.0 Å². The number of rotatable bonds is 4. The van der Waals surface area contributed by atoms with Crippen molar-refractivity contribution in [3.63, 3.8) is 0 Å². The van der Waals surface area contributed by atoms with Crippen molar-refractivity contribution in [2.45, 2.75) is 45.4 Å². The number of aromatic nitrogens is 4. The van der Waals surface area contributed by atoms with Crippen LogP contribution >= 0.6 is 0 Å². The highest BCUT2D eigenvalue weighted by atomic mass is 16.3. The van der Waals surface area contributed by atoms with Gasteiger partial charge in [-0.15, -0.1) is 0 Å². The van der Waals surface area contributed by atoms with Gasteiger partial charge in [-0.1, -0.05) is 13.8 Å². The molecule has 4 N–H and O–H groups in total. The highest BCUT2D eigenvalue weighted by molar-refractivity contribution is 5.85. The Morgan fingerprint density at radius 3 is 2.67 bits per heavy atom. The highest BCUT2D eigenvalue weighted by Gasteiger charge is 2.59. The Labute approximate surface area is 191 Å². The van der Waals surface area contributed by atoms with Crippen LogP contribution in [0.1, 0.15) is 44.2 Å². The van der Waals surface area contributed by atoms with Crippen molar-refractivity contribution in [1.29, 1.82) is 0 Å². The lowest BCUT2D eigenvalue weighted by atomic mass is 9.77. The molecule has 33 heavy (non-hydrogen) atoms. The predicted molar refractivity (Wildman–Crippen MR) is 121 cm³/mol. The van der Waals surface area contributed by atoms with Crippen LogP contribution < -0.4 is 10.6 Å². The first-order valence-electron chi connectivity index (χ1n) is 10.9. The minimum atomic E-state index is -1.26. The molecule has 174 valence electrons. The van der Waals surface area contributed by atoms with Gasteiger partial charge in [-0.3, -0.25) is 4.79 Å². The Bertz CT molecular complexity index is 1250. The van der Waals surface area contributed by atoms with Gasteiger partial charge in [-0.2, -0.15) is 0 Å². The largest absolute Gasteiger partial charge is 0.453 e. The van der Waals surface area contributed by atoms with Gasteiger partial charge in [0.1, 0.15) is 11.9 Å². The van der Waals surface area contributed by atoms with Gasteiger partial charge < -0.3 is 29.8 Å². The van der Waals surface area contributed by atoms with Crippen molar-refractivity contribution in [2.75, 3.05) is 19.4 Å². The molecule has 1 aliphatic carbocycles. The third-order valence-electron chi connectivity index (χ3n) is 6.75. The maximum absolute atomic E-state index is 12.6. The number of nitrogens with zero attached hydrogens (tertiary/aromatic N) is 4. The van der Waals surface area contributed by atoms with E-state index in [4.69, 9.17) is 4.42 Å². The van der Waals surface area contributed by atoms with Gasteiger partial charge >= 0.3 is 0 Å². The molecular weight excluding hydrogens is 424 g/mol. The number of anilines is 1. The zero-order chi connectivity index (χ0) is 23.9. The number of fused-ring (bicyclic) bond motifs is 1. The van der Waals surface area contributed by atoms with Crippen molar-refractivity contribution >= 4 is 22.9 Å². The number of carbonyl (C=O) groups is 1. The van der Waals surface area contributed by atoms with Gasteiger partial charge in [-0.25, -0.2) is 15.0 Å². The highest BCUT2D eigenvalue weighted by Crippen LogP contribution is 2.50. The van der Waals surface area contributed by atoms with Crippen LogP contribution in [0.25, 0.3) is 11.2 Å². The number of carbonyl (C=O) groups excluding carboxylic acids is 1. The molecule has 3 aromatic rings. The van der Waals surface area contributed by atoms with Gasteiger partial charge in [0, 0.05) is 20.5 Å². The maximum atomic E-state index is 12.6. The standard InChI is InChI=1S/C23H28N6O4/c1-6-13-7-8-14(33-13)9-10-15-27-20(24-4)16-21(28-15)29(11-26-16)17-12(2)23(3,22(32)25-5)19(31)18(17)30/h7-8,11-12,17-19,30-31H,6H2,1-5H3,(H,25,32)(H,24,27,28)/t12-,17-,18+,19+,23?/m1/s1. The van der Waals surface area contributed by atoms with E-state index < -0.39 is 29.6 Å². The Morgan fingerprint density at radius 2 is 2.03 bits per heavy atom. The number of imidazole rings is 1. The van der Waals surface area contributed by atoms with Crippen LogP contribution in [0, 0.1) is 23.2 Å². The molecule has 1 unspecified atom stereocenters. The average molecular weight is 453 g/mol. The van der Waals surface area contributed by atoms with Crippen LogP contribution in [0.5, 0.6) is 0 Å². The zero-order valence-corrected chi connectivity index (χ0v) is 19.2. The Morgan fingerprint density at radius 1 is 1.27 bits per heavy atom. The van der Waals surface area contributed by atoms with Crippen molar-refractivity contribution in [3.05, 3.63) is 35.8 Å². The first kappa shape index (κ1) is 22.8. The molecule has 0 radical (unpaired) electrons. The van der Waals surface area contributed by atoms with Gasteiger partial charge in [0.2, 0.25) is 11.7 Å². The summed E-state index contributed by atoms with van der Waals surface area (Å²) >= 11 is 0. The van der Waals surface area contributed by atoms with Crippen LogP contribution in [0.15, 0.2) is 22.9 Å². The lowest BCUT2D eigenvalue weighted by Gasteiger charge is -2.31.